The van der Waals surface area contributed by atoms with Crippen molar-refractivity contribution in [2.45, 2.75) is 19.8 Å². The number of amides is 1. The normalized spacial score (nSPS) is 10.9. The van der Waals surface area contributed by atoms with E-state index in [1.165, 1.54) is 30.0 Å². The number of carbonyl (C=O) groups is 2. The summed E-state index contributed by atoms with van der Waals surface area (Å²) in [6.45, 7) is 4.05. The molecule has 0 spiro atoms. The maximum atomic E-state index is 13.6. The molecule has 3 aromatic rings. The van der Waals surface area contributed by atoms with E-state index in [0.717, 1.165) is 0 Å². The van der Waals surface area contributed by atoms with Gasteiger partial charge in [0.1, 0.15) is 17.3 Å². The van der Waals surface area contributed by atoms with Gasteiger partial charge >= 0.3 is 5.97 Å². The van der Waals surface area contributed by atoms with Crippen LogP contribution in [0.4, 0.5) is 4.39 Å². The first-order chi connectivity index (χ1) is 15.4. The fourth-order valence-electron chi connectivity index (χ4n) is 2.72. The number of hydrogen-bond acceptors (Lipinski definition) is 5. The van der Waals surface area contributed by atoms with Crippen molar-refractivity contribution in [2.24, 2.45) is 5.10 Å². The van der Waals surface area contributed by atoms with Gasteiger partial charge in [-0.15, -0.1) is 0 Å². The number of hydrogen-bond donors (Lipinski definition) is 1. The van der Waals surface area contributed by atoms with Crippen molar-refractivity contribution in [3.05, 3.63) is 95.3 Å². The monoisotopic (exact) mass is 434 g/mol. The minimum Gasteiger partial charge on any atom is -0.484 e. The van der Waals surface area contributed by atoms with E-state index >= 15 is 0 Å². The molecule has 0 unspecified atom stereocenters. The van der Waals surface area contributed by atoms with E-state index in [2.05, 4.69) is 24.4 Å². The van der Waals surface area contributed by atoms with Gasteiger partial charge in [-0.1, -0.05) is 38.1 Å². The van der Waals surface area contributed by atoms with Gasteiger partial charge in [0, 0.05) is 0 Å². The highest BCUT2D eigenvalue weighted by Gasteiger charge is 2.13. The molecule has 0 heterocycles. The first-order valence-electron chi connectivity index (χ1n) is 10.0. The molecule has 32 heavy (non-hydrogen) atoms. The molecule has 3 aromatic carbocycles. The molecule has 164 valence electrons. The van der Waals surface area contributed by atoms with Gasteiger partial charge in [-0.2, -0.15) is 5.10 Å². The Hall–Kier alpha value is -4.00. The van der Waals surface area contributed by atoms with Crippen LogP contribution in [0.1, 0.15) is 41.3 Å². The molecule has 7 heteroatoms. The van der Waals surface area contributed by atoms with E-state index in [9.17, 15) is 14.0 Å². The van der Waals surface area contributed by atoms with Crippen molar-refractivity contribution in [3.63, 3.8) is 0 Å². The van der Waals surface area contributed by atoms with Crippen molar-refractivity contribution >= 4 is 18.1 Å². The lowest BCUT2D eigenvalue weighted by atomic mass is 10.0. The standard InChI is InChI=1S/C25H23FN2O4/c1-17(2)19-9-13-20(14-10-19)31-16-24(29)28-27-15-18-7-11-21(12-8-18)32-25(30)22-5-3-4-6-23(22)26/h3-15,17H,16H2,1-2H3,(H,28,29)/b27-15-. The van der Waals surface area contributed by atoms with E-state index in [0.29, 0.717) is 17.2 Å². The highest BCUT2D eigenvalue weighted by Crippen LogP contribution is 2.18. The van der Waals surface area contributed by atoms with Gasteiger partial charge in [-0.25, -0.2) is 14.6 Å². The predicted molar refractivity (Wildman–Crippen MR) is 120 cm³/mol. The summed E-state index contributed by atoms with van der Waals surface area (Å²) in [5, 5.41) is 3.88. The van der Waals surface area contributed by atoms with Gasteiger partial charge in [0.15, 0.2) is 6.61 Å². The van der Waals surface area contributed by atoms with E-state index in [-0.39, 0.29) is 17.9 Å². The Kier molecular flexibility index (Phi) is 7.70. The number of nitrogens with one attached hydrogen (secondary N) is 1. The van der Waals surface area contributed by atoms with Crippen molar-refractivity contribution in [1.82, 2.24) is 5.43 Å². The summed E-state index contributed by atoms with van der Waals surface area (Å²) >= 11 is 0. The Bertz CT molecular complexity index is 1090. The maximum absolute atomic E-state index is 13.6. The molecule has 0 atom stereocenters. The Morgan fingerprint density at radius 3 is 2.28 bits per heavy atom. The summed E-state index contributed by atoms with van der Waals surface area (Å²) in [6.07, 6.45) is 1.44. The fraction of sp³-hybridized carbons (Fsp3) is 0.160. The van der Waals surface area contributed by atoms with Crippen molar-refractivity contribution < 1.29 is 23.5 Å². The minimum absolute atomic E-state index is 0.140. The molecule has 0 saturated carbocycles. The lowest BCUT2D eigenvalue weighted by Gasteiger charge is -2.08. The third-order valence-corrected chi connectivity index (χ3v) is 4.50. The molecule has 0 radical (unpaired) electrons. The molecule has 6 nitrogen and oxygen atoms in total. The molecule has 0 saturated heterocycles. The highest BCUT2D eigenvalue weighted by molar-refractivity contribution is 5.91. The predicted octanol–water partition coefficient (Wildman–Crippen LogP) is 4.70. The highest BCUT2D eigenvalue weighted by atomic mass is 19.1. The van der Waals surface area contributed by atoms with Gasteiger partial charge in [-0.3, -0.25) is 4.79 Å². The van der Waals surface area contributed by atoms with Gasteiger partial charge in [0.25, 0.3) is 5.91 Å². The Labute approximate surface area is 185 Å². The third kappa shape index (κ3) is 6.50. The largest absolute Gasteiger partial charge is 0.484 e. The van der Waals surface area contributed by atoms with Crippen LogP contribution in [0.5, 0.6) is 11.5 Å². The van der Waals surface area contributed by atoms with Crippen LogP contribution in [0.25, 0.3) is 0 Å². The molecule has 0 aromatic heterocycles. The van der Waals surface area contributed by atoms with Crippen LogP contribution in [0, 0.1) is 5.82 Å². The summed E-state index contributed by atoms with van der Waals surface area (Å²) < 4.78 is 24.3. The molecule has 0 aliphatic heterocycles. The lowest BCUT2D eigenvalue weighted by Crippen LogP contribution is -2.24. The van der Waals surface area contributed by atoms with Crippen LogP contribution in [0.2, 0.25) is 0 Å². The van der Waals surface area contributed by atoms with Crippen LogP contribution in [0.15, 0.2) is 77.9 Å². The topological polar surface area (TPSA) is 77.0 Å². The molecule has 0 bridgehead atoms. The second-order valence-electron chi connectivity index (χ2n) is 7.24. The summed E-state index contributed by atoms with van der Waals surface area (Å²) in [4.78, 5) is 23.9. The summed E-state index contributed by atoms with van der Waals surface area (Å²) in [6, 6.07) is 19.6. The number of ether oxygens (including phenoxy) is 2. The fourth-order valence-corrected chi connectivity index (χ4v) is 2.72. The smallest absolute Gasteiger partial charge is 0.346 e. The van der Waals surface area contributed by atoms with Crippen LogP contribution in [-0.4, -0.2) is 24.7 Å². The van der Waals surface area contributed by atoms with Gasteiger partial charge in [0.05, 0.1) is 11.8 Å². The zero-order chi connectivity index (χ0) is 22.9. The molecule has 0 aliphatic rings. The molecule has 0 fully saturated rings. The van der Waals surface area contributed by atoms with Crippen LogP contribution < -0.4 is 14.9 Å². The SMILES string of the molecule is CC(C)c1ccc(OCC(=O)N/N=C\c2ccc(OC(=O)c3ccccc3F)cc2)cc1. The summed E-state index contributed by atoms with van der Waals surface area (Å²) in [7, 11) is 0. The number of benzene rings is 3. The van der Waals surface area contributed by atoms with E-state index in [1.54, 1.807) is 30.3 Å². The van der Waals surface area contributed by atoms with Gasteiger partial charge in [0.2, 0.25) is 0 Å². The first-order valence-corrected chi connectivity index (χ1v) is 10.0. The average molecular weight is 434 g/mol. The van der Waals surface area contributed by atoms with Gasteiger partial charge in [-0.05, 0) is 65.6 Å². The van der Waals surface area contributed by atoms with E-state index in [4.69, 9.17) is 9.47 Å². The Morgan fingerprint density at radius 1 is 0.969 bits per heavy atom. The maximum Gasteiger partial charge on any atom is 0.346 e. The van der Waals surface area contributed by atoms with Crippen molar-refractivity contribution in [1.29, 1.82) is 0 Å². The number of carbonyl (C=O) groups excluding carboxylic acids is 2. The van der Waals surface area contributed by atoms with Crippen LogP contribution in [0.3, 0.4) is 0 Å². The number of rotatable bonds is 8. The number of hydrazone groups is 1. The van der Waals surface area contributed by atoms with Crippen LogP contribution >= 0.6 is 0 Å². The summed E-state index contributed by atoms with van der Waals surface area (Å²) in [5.41, 5.74) is 4.11. The minimum atomic E-state index is -0.782. The zero-order valence-corrected chi connectivity index (χ0v) is 17.7. The van der Waals surface area contributed by atoms with Gasteiger partial charge < -0.3 is 9.47 Å². The second-order valence-corrected chi connectivity index (χ2v) is 7.24. The van der Waals surface area contributed by atoms with Crippen molar-refractivity contribution in [2.75, 3.05) is 6.61 Å². The molecular formula is C25H23FN2O4. The molecule has 3 rings (SSSR count). The molecular weight excluding hydrogens is 411 g/mol. The number of nitrogens with zero attached hydrogens (tertiary/aromatic N) is 1. The zero-order valence-electron chi connectivity index (χ0n) is 17.7. The molecule has 1 N–H and O–H groups in total. The first kappa shape index (κ1) is 22.7. The number of esters is 1. The molecule has 1 amide bonds. The average Bonchev–Trinajstić information content (AvgIpc) is 2.79. The Balaban J connectivity index is 1.45. The Morgan fingerprint density at radius 2 is 1.62 bits per heavy atom. The van der Waals surface area contributed by atoms with E-state index in [1.807, 2.05) is 24.3 Å². The molecule has 0 aliphatic carbocycles. The lowest BCUT2D eigenvalue weighted by molar-refractivity contribution is -0.123. The third-order valence-electron chi connectivity index (χ3n) is 4.50. The van der Waals surface area contributed by atoms with Crippen molar-refractivity contribution in [3.8, 4) is 11.5 Å². The number of halogens is 1. The second kappa shape index (κ2) is 10.9. The summed E-state index contributed by atoms with van der Waals surface area (Å²) in [5.74, 6) is -0.533. The van der Waals surface area contributed by atoms with E-state index < -0.39 is 17.7 Å². The van der Waals surface area contributed by atoms with Crippen LogP contribution in [-0.2, 0) is 4.79 Å². The quantitative estimate of drug-likeness (QED) is 0.241.